The number of hydrogen-bond donors (Lipinski definition) is 2. The average molecular weight is 196 g/mol. The number of nitrogens with one attached hydrogen (secondary N) is 1. The Labute approximate surface area is 81.3 Å². The molecule has 1 fully saturated rings. The van der Waals surface area contributed by atoms with E-state index >= 15 is 0 Å². The number of hydrogen-bond acceptors (Lipinski definition) is 3. The molecular formula is C9H12N2O3. The zero-order valence-corrected chi connectivity index (χ0v) is 7.71. The summed E-state index contributed by atoms with van der Waals surface area (Å²) in [5, 5.41) is 2.17. The van der Waals surface area contributed by atoms with Gasteiger partial charge in [0, 0.05) is 17.9 Å². The van der Waals surface area contributed by atoms with E-state index in [0.717, 1.165) is 0 Å². The summed E-state index contributed by atoms with van der Waals surface area (Å²) in [5.41, 5.74) is 5.33. The van der Waals surface area contributed by atoms with E-state index in [9.17, 15) is 14.4 Å². The van der Waals surface area contributed by atoms with Gasteiger partial charge in [-0.3, -0.25) is 19.7 Å². The molecule has 1 atom stereocenters. The van der Waals surface area contributed by atoms with E-state index in [1.807, 2.05) is 0 Å². The maximum Gasteiger partial charge on any atom is 0.253 e. The van der Waals surface area contributed by atoms with Crippen LogP contribution in [0.15, 0.2) is 12.2 Å². The predicted octanol–water partition coefficient (Wildman–Crippen LogP) is -0.529. The number of carbonyl (C=O) groups is 3. The summed E-state index contributed by atoms with van der Waals surface area (Å²) < 4.78 is 0. The minimum Gasteiger partial charge on any atom is -0.370 e. The summed E-state index contributed by atoms with van der Waals surface area (Å²) in [7, 11) is 0. The van der Waals surface area contributed by atoms with Crippen LogP contribution in [0.2, 0.25) is 0 Å². The van der Waals surface area contributed by atoms with Crippen LogP contribution in [-0.4, -0.2) is 17.7 Å². The molecule has 0 saturated carbocycles. The minimum absolute atomic E-state index is 0.152. The zero-order valence-electron chi connectivity index (χ0n) is 7.71. The number of primary amides is 1. The average Bonchev–Trinajstić information content (AvgIpc) is 2.09. The number of piperidine rings is 1. The maximum atomic E-state index is 11.2. The van der Waals surface area contributed by atoms with Gasteiger partial charge < -0.3 is 5.73 Å². The monoisotopic (exact) mass is 196 g/mol. The Kier molecular flexibility index (Phi) is 3.01. The molecule has 76 valence electrons. The number of amides is 3. The molecule has 0 aromatic heterocycles. The van der Waals surface area contributed by atoms with E-state index in [1.54, 1.807) is 0 Å². The Morgan fingerprint density at radius 3 is 2.79 bits per heavy atom. The van der Waals surface area contributed by atoms with Gasteiger partial charge in [0.2, 0.25) is 11.8 Å². The molecular weight excluding hydrogens is 184 g/mol. The number of nitrogens with two attached hydrogens (primary N) is 1. The molecule has 1 aliphatic rings. The summed E-state index contributed by atoms with van der Waals surface area (Å²) in [6.45, 7) is 3.53. The Hall–Kier alpha value is -1.65. The molecule has 1 unspecified atom stereocenters. The molecule has 1 aliphatic heterocycles. The molecule has 5 heteroatoms. The van der Waals surface area contributed by atoms with Crippen LogP contribution in [0.1, 0.15) is 19.3 Å². The van der Waals surface area contributed by atoms with Crippen molar-refractivity contribution in [2.75, 3.05) is 0 Å². The van der Waals surface area contributed by atoms with Crippen LogP contribution in [0.4, 0.5) is 0 Å². The quantitative estimate of drug-likeness (QED) is 0.469. The van der Waals surface area contributed by atoms with Crippen LogP contribution in [-0.2, 0) is 14.4 Å². The standard InChI is InChI=1S/C9H12N2O3/c1-5-4-6(2-3-7(10)12)9(14)11-8(5)13/h6H,1-4H2,(H2,10,12)(H,11,13,14). The largest absolute Gasteiger partial charge is 0.370 e. The molecule has 0 aromatic rings. The first-order valence-electron chi connectivity index (χ1n) is 4.32. The summed E-state index contributed by atoms with van der Waals surface area (Å²) in [6, 6.07) is 0. The SMILES string of the molecule is C=C1CC(CCC(N)=O)C(=O)NC1=O. The lowest BCUT2D eigenvalue weighted by Crippen LogP contribution is -2.42. The first-order valence-corrected chi connectivity index (χ1v) is 4.32. The van der Waals surface area contributed by atoms with Crippen molar-refractivity contribution in [2.45, 2.75) is 19.3 Å². The first-order chi connectivity index (χ1) is 6.50. The fourth-order valence-corrected chi connectivity index (χ4v) is 1.33. The summed E-state index contributed by atoms with van der Waals surface area (Å²) in [6.07, 6.45) is 0.838. The highest BCUT2D eigenvalue weighted by Crippen LogP contribution is 2.20. The maximum absolute atomic E-state index is 11.2. The van der Waals surface area contributed by atoms with E-state index in [1.165, 1.54) is 0 Å². The summed E-state index contributed by atoms with van der Waals surface area (Å²) >= 11 is 0. The van der Waals surface area contributed by atoms with Crippen molar-refractivity contribution < 1.29 is 14.4 Å². The highest BCUT2D eigenvalue weighted by Gasteiger charge is 2.28. The van der Waals surface area contributed by atoms with Crippen LogP contribution in [0.5, 0.6) is 0 Å². The first kappa shape index (κ1) is 10.4. The van der Waals surface area contributed by atoms with E-state index in [2.05, 4.69) is 11.9 Å². The third kappa shape index (κ3) is 2.42. The highest BCUT2D eigenvalue weighted by atomic mass is 16.2. The van der Waals surface area contributed by atoms with Gasteiger partial charge in [0.15, 0.2) is 0 Å². The van der Waals surface area contributed by atoms with Gasteiger partial charge in [-0.1, -0.05) is 6.58 Å². The number of carbonyl (C=O) groups excluding carboxylic acids is 3. The second kappa shape index (κ2) is 4.04. The Balaban J connectivity index is 2.53. The molecule has 14 heavy (non-hydrogen) atoms. The van der Waals surface area contributed by atoms with Crippen molar-refractivity contribution in [3.63, 3.8) is 0 Å². The van der Waals surface area contributed by atoms with Gasteiger partial charge >= 0.3 is 0 Å². The third-order valence-corrected chi connectivity index (χ3v) is 2.16. The van der Waals surface area contributed by atoms with Crippen molar-refractivity contribution in [1.29, 1.82) is 0 Å². The van der Waals surface area contributed by atoms with Gasteiger partial charge in [0.25, 0.3) is 5.91 Å². The van der Waals surface area contributed by atoms with Gasteiger partial charge in [0.1, 0.15) is 0 Å². The van der Waals surface area contributed by atoms with Crippen LogP contribution in [0.25, 0.3) is 0 Å². The molecule has 0 bridgehead atoms. The molecule has 1 saturated heterocycles. The van der Waals surface area contributed by atoms with Crippen LogP contribution in [0, 0.1) is 5.92 Å². The van der Waals surface area contributed by atoms with Crippen LogP contribution >= 0.6 is 0 Å². The topological polar surface area (TPSA) is 89.3 Å². The molecule has 1 rings (SSSR count). The van der Waals surface area contributed by atoms with E-state index in [-0.39, 0.29) is 18.2 Å². The van der Waals surface area contributed by atoms with Crippen molar-refractivity contribution in [2.24, 2.45) is 11.7 Å². The van der Waals surface area contributed by atoms with Crippen molar-refractivity contribution in [1.82, 2.24) is 5.32 Å². The molecule has 3 N–H and O–H groups in total. The normalized spacial score (nSPS) is 22.0. The van der Waals surface area contributed by atoms with Crippen molar-refractivity contribution >= 4 is 17.7 Å². The molecule has 0 spiro atoms. The fraction of sp³-hybridized carbons (Fsp3) is 0.444. The molecule has 5 nitrogen and oxygen atoms in total. The fourth-order valence-electron chi connectivity index (χ4n) is 1.33. The van der Waals surface area contributed by atoms with Gasteiger partial charge in [0.05, 0.1) is 0 Å². The third-order valence-electron chi connectivity index (χ3n) is 2.16. The molecule has 0 aliphatic carbocycles. The van der Waals surface area contributed by atoms with Gasteiger partial charge in [-0.2, -0.15) is 0 Å². The molecule has 0 radical (unpaired) electrons. The van der Waals surface area contributed by atoms with Crippen molar-refractivity contribution in [3.05, 3.63) is 12.2 Å². The smallest absolute Gasteiger partial charge is 0.253 e. The zero-order chi connectivity index (χ0) is 10.7. The Morgan fingerprint density at radius 2 is 2.21 bits per heavy atom. The molecule has 3 amide bonds. The Morgan fingerprint density at radius 1 is 1.57 bits per heavy atom. The highest BCUT2D eigenvalue weighted by molar-refractivity contribution is 6.07. The number of rotatable bonds is 3. The van der Waals surface area contributed by atoms with E-state index in [0.29, 0.717) is 18.4 Å². The van der Waals surface area contributed by atoms with Crippen LogP contribution < -0.4 is 11.1 Å². The molecule has 0 aromatic carbocycles. The van der Waals surface area contributed by atoms with Gasteiger partial charge in [-0.15, -0.1) is 0 Å². The number of imide groups is 1. The Bertz CT molecular complexity index is 309. The van der Waals surface area contributed by atoms with Gasteiger partial charge in [-0.25, -0.2) is 0 Å². The van der Waals surface area contributed by atoms with E-state index in [4.69, 9.17) is 5.73 Å². The predicted molar refractivity (Wildman–Crippen MR) is 48.8 cm³/mol. The lowest BCUT2D eigenvalue weighted by atomic mass is 9.91. The second-order valence-corrected chi connectivity index (χ2v) is 3.33. The minimum atomic E-state index is -0.444. The van der Waals surface area contributed by atoms with E-state index < -0.39 is 11.8 Å². The van der Waals surface area contributed by atoms with Crippen molar-refractivity contribution in [3.8, 4) is 0 Å². The van der Waals surface area contributed by atoms with Crippen LogP contribution in [0.3, 0.4) is 0 Å². The lowest BCUT2D eigenvalue weighted by Gasteiger charge is -2.21. The second-order valence-electron chi connectivity index (χ2n) is 3.33. The molecule has 1 heterocycles. The summed E-state index contributed by atoms with van der Waals surface area (Å²) in [5.74, 6) is -1.57. The lowest BCUT2D eigenvalue weighted by molar-refractivity contribution is -0.133. The summed E-state index contributed by atoms with van der Waals surface area (Å²) in [4.78, 5) is 32.7. The van der Waals surface area contributed by atoms with Gasteiger partial charge in [-0.05, 0) is 12.8 Å².